The Morgan fingerprint density at radius 1 is 1.22 bits per heavy atom. The molecular weight excluding hydrogens is 226 g/mol. The van der Waals surface area contributed by atoms with Crippen molar-refractivity contribution in [3.05, 3.63) is 35.4 Å². The first kappa shape index (κ1) is 12.7. The zero-order valence-electron chi connectivity index (χ0n) is 11.0. The summed E-state index contributed by atoms with van der Waals surface area (Å²) in [6.07, 6.45) is 2.64. The van der Waals surface area contributed by atoms with Gasteiger partial charge in [-0.05, 0) is 37.6 Å². The minimum Gasteiger partial charge on any atom is -0.462 e. The quantitative estimate of drug-likeness (QED) is 0.603. The van der Waals surface area contributed by atoms with Crippen LogP contribution in [0.3, 0.4) is 0 Å². The first-order valence-electron chi connectivity index (χ1n) is 6.47. The van der Waals surface area contributed by atoms with E-state index in [9.17, 15) is 4.79 Å². The van der Waals surface area contributed by atoms with Crippen LogP contribution >= 0.6 is 0 Å². The van der Waals surface area contributed by atoms with E-state index < -0.39 is 0 Å². The third kappa shape index (κ3) is 2.73. The smallest absolute Gasteiger partial charge is 0.334 e. The van der Waals surface area contributed by atoms with E-state index in [-0.39, 0.29) is 5.97 Å². The van der Waals surface area contributed by atoms with Gasteiger partial charge in [0.2, 0.25) is 0 Å². The molecule has 2 rings (SSSR count). The lowest BCUT2D eigenvalue weighted by atomic mass is 10.1. The van der Waals surface area contributed by atoms with Crippen LogP contribution in [0.15, 0.2) is 29.8 Å². The fourth-order valence-electron chi connectivity index (χ4n) is 2.15. The topological polar surface area (TPSA) is 29.5 Å². The zero-order chi connectivity index (χ0) is 13.0. The maximum atomic E-state index is 11.3. The maximum absolute atomic E-state index is 11.3. The van der Waals surface area contributed by atoms with Crippen LogP contribution in [-0.2, 0) is 9.53 Å². The van der Waals surface area contributed by atoms with Crippen molar-refractivity contribution in [1.82, 2.24) is 0 Å². The average molecular weight is 245 g/mol. The number of hydrogen-bond donors (Lipinski definition) is 0. The molecule has 1 aliphatic rings. The molecule has 0 atom stereocenters. The fraction of sp³-hybridized carbons (Fsp3) is 0.400. The third-order valence-electron chi connectivity index (χ3n) is 3.23. The lowest BCUT2D eigenvalue weighted by Crippen LogP contribution is -2.21. The van der Waals surface area contributed by atoms with Gasteiger partial charge in [0.25, 0.3) is 0 Å². The van der Waals surface area contributed by atoms with Crippen LogP contribution < -0.4 is 4.90 Å². The molecule has 96 valence electrons. The number of carbonyl (C=O) groups excluding carboxylic acids is 1. The van der Waals surface area contributed by atoms with Gasteiger partial charge in [0.1, 0.15) is 0 Å². The molecule has 1 aliphatic heterocycles. The highest BCUT2D eigenvalue weighted by molar-refractivity contribution is 5.95. The molecule has 0 amide bonds. The number of cyclic esters (lactones) is 1. The van der Waals surface area contributed by atoms with Gasteiger partial charge in [-0.3, -0.25) is 0 Å². The zero-order valence-corrected chi connectivity index (χ0v) is 11.0. The van der Waals surface area contributed by atoms with Gasteiger partial charge >= 0.3 is 5.97 Å². The Labute approximate surface area is 108 Å². The van der Waals surface area contributed by atoms with Crippen LogP contribution in [0.4, 0.5) is 5.69 Å². The molecule has 0 saturated carbocycles. The molecule has 1 saturated heterocycles. The molecule has 1 heterocycles. The molecule has 3 nitrogen and oxygen atoms in total. The molecule has 1 aromatic rings. The van der Waals surface area contributed by atoms with E-state index in [4.69, 9.17) is 4.74 Å². The number of rotatable bonds is 4. The number of carbonyl (C=O) groups is 1. The second-order valence-electron chi connectivity index (χ2n) is 4.32. The Morgan fingerprint density at radius 2 is 1.89 bits per heavy atom. The number of anilines is 1. The summed E-state index contributed by atoms with van der Waals surface area (Å²) >= 11 is 0. The van der Waals surface area contributed by atoms with Gasteiger partial charge in [0.05, 0.1) is 6.61 Å². The van der Waals surface area contributed by atoms with Crippen LogP contribution in [0.5, 0.6) is 0 Å². The highest BCUT2D eigenvalue weighted by Crippen LogP contribution is 2.20. The second-order valence-corrected chi connectivity index (χ2v) is 4.32. The van der Waals surface area contributed by atoms with Gasteiger partial charge in [-0.1, -0.05) is 12.1 Å². The minimum atomic E-state index is -0.178. The first-order valence-corrected chi connectivity index (χ1v) is 6.47. The van der Waals surface area contributed by atoms with Crippen molar-refractivity contribution in [2.24, 2.45) is 0 Å². The summed E-state index contributed by atoms with van der Waals surface area (Å²) in [5, 5.41) is 0. The molecule has 0 aliphatic carbocycles. The molecule has 0 radical (unpaired) electrons. The van der Waals surface area contributed by atoms with Gasteiger partial charge < -0.3 is 9.64 Å². The largest absolute Gasteiger partial charge is 0.462 e. The van der Waals surface area contributed by atoms with E-state index in [2.05, 4.69) is 30.9 Å². The van der Waals surface area contributed by atoms with Crippen molar-refractivity contribution in [1.29, 1.82) is 0 Å². The van der Waals surface area contributed by atoms with Crippen molar-refractivity contribution in [2.45, 2.75) is 20.3 Å². The fourth-order valence-corrected chi connectivity index (χ4v) is 2.15. The number of benzene rings is 1. The highest BCUT2D eigenvalue weighted by atomic mass is 16.5. The summed E-state index contributed by atoms with van der Waals surface area (Å²) < 4.78 is 4.92. The number of esters is 1. The minimum absolute atomic E-state index is 0.178. The van der Waals surface area contributed by atoms with Gasteiger partial charge in [-0.25, -0.2) is 4.79 Å². The number of ether oxygens (including phenoxy) is 1. The molecule has 0 spiro atoms. The van der Waals surface area contributed by atoms with E-state index >= 15 is 0 Å². The van der Waals surface area contributed by atoms with E-state index in [1.807, 2.05) is 18.2 Å². The summed E-state index contributed by atoms with van der Waals surface area (Å²) in [5.74, 6) is -0.178. The molecular formula is C15H19NO2. The molecule has 1 aromatic carbocycles. The Balaban J connectivity index is 2.15. The molecule has 0 unspecified atom stereocenters. The van der Waals surface area contributed by atoms with E-state index in [0.717, 1.165) is 30.6 Å². The summed E-state index contributed by atoms with van der Waals surface area (Å²) in [5.41, 5.74) is 3.04. The SMILES string of the molecule is CCN(CC)c1ccc(C=C2CCOC2=O)cc1. The first-order chi connectivity index (χ1) is 8.74. The number of nitrogens with zero attached hydrogens (tertiary/aromatic N) is 1. The van der Waals surface area contributed by atoms with Gasteiger partial charge in [0, 0.05) is 30.8 Å². The Morgan fingerprint density at radius 3 is 2.39 bits per heavy atom. The van der Waals surface area contributed by atoms with Crippen molar-refractivity contribution >= 4 is 17.7 Å². The van der Waals surface area contributed by atoms with E-state index in [0.29, 0.717) is 6.61 Å². The molecule has 18 heavy (non-hydrogen) atoms. The van der Waals surface area contributed by atoms with Crippen LogP contribution in [0.2, 0.25) is 0 Å². The van der Waals surface area contributed by atoms with Crippen molar-refractivity contribution in [2.75, 3.05) is 24.6 Å². The van der Waals surface area contributed by atoms with Crippen LogP contribution in [0.25, 0.3) is 6.08 Å². The second kappa shape index (κ2) is 5.71. The van der Waals surface area contributed by atoms with Crippen molar-refractivity contribution in [3.63, 3.8) is 0 Å². The van der Waals surface area contributed by atoms with Gasteiger partial charge in [0.15, 0.2) is 0 Å². The van der Waals surface area contributed by atoms with Gasteiger partial charge in [-0.2, -0.15) is 0 Å². The van der Waals surface area contributed by atoms with E-state index in [1.54, 1.807) is 0 Å². The average Bonchev–Trinajstić information content (AvgIpc) is 2.79. The van der Waals surface area contributed by atoms with E-state index in [1.165, 1.54) is 5.69 Å². The van der Waals surface area contributed by atoms with Crippen LogP contribution in [-0.4, -0.2) is 25.7 Å². The highest BCUT2D eigenvalue weighted by Gasteiger charge is 2.18. The third-order valence-corrected chi connectivity index (χ3v) is 3.23. The number of hydrogen-bond acceptors (Lipinski definition) is 3. The molecule has 0 aromatic heterocycles. The lowest BCUT2D eigenvalue weighted by Gasteiger charge is -2.20. The molecule has 3 heteroatoms. The predicted molar refractivity (Wildman–Crippen MR) is 73.6 cm³/mol. The summed E-state index contributed by atoms with van der Waals surface area (Å²) in [6, 6.07) is 8.29. The van der Waals surface area contributed by atoms with Crippen molar-refractivity contribution < 1.29 is 9.53 Å². The normalized spacial score (nSPS) is 17.0. The lowest BCUT2D eigenvalue weighted by molar-refractivity contribution is -0.134. The molecule has 0 N–H and O–H groups in total. The molecule has 1 fully saturated rings. The standard InChI is InChI=1S/C15H19NO2/c1-3-16(4-2)14-7-5-12(6-8-14)11-13-9-10-18-15(13)17/h5-8,11H,3-4,9-10H2,1-2H3. The summed E-state index contributed by atoms with van der Waals surface area (Å²) in [4.78, 5) is 13.6. The molecule has 0 bridgehead atoms. The van der Waals surface area contributed by atoms with Crippen molar-refractivity contribution in [3.8, 4) is 0 Å². The van der Waals surface area contributed by atoms with Crippen LogP contribution in [0.1, 0.15) is 25.8 Å². The van der Waals surface area contributed by atoms with Gasteiger partial charge in [-0.15, -0.1) is 0 Å². The summed E-state index contributed by atoms with van der Waals surface area (Å²) in [7, 11) is 0. The summed E-state index contributed by atoms with van der Waals surface area (Å²) in [6.45, 7) is 6.82. The Bertz CT molecular complexity index is 444. The maximum Gasteiger partial charge on any atom is 0.334 e. The predicted octanol–water partition coefficient (Wildman–Crippen LogP) is 2.86. The Kier molecular flexibility index (Phi) is 4.03. The Hall–Kier alpha value is -1.77. The van der Waals surface area contributed by atoms with Crippen LogP contribution in [0, 0.1) is 0 Å². The monoisotopic (exact) mass is 245 g/mol.